The van der Waals surface area contributed by atoms with Crippen LogP contribution in [0, 0.1) is 5.82 Å². The summed E-state index contributed by atoms with van der Waals surface area (Å²) in [5.74, 6) is -0.632. The smallest absolute Gasteiger partial charge is 0.293 e. The van der Waals surface area contributed by atoms with E-state index in [-0.39, 0.29) is 23.5 Å². The Balaban J connectivity index is 1.53. The maximum absolute atomic E-state index is 14.5. The number of hydrogen-bond acceptors (Lipinski definition) is 4. The second kappa shape index (κ2) is 7.56. The maximum Gasteiger partial charge on any atom is 0.293 e. The van der Waals surface area contributed by atoms with E-state index in [0.717, 1.165) is 43.3 Å². The molecule has 4 nitrogen and oxygen atoms in total. The number of rotatable bonds is 4. The van der Waals surface area contributed by atoms with Crippen molar-refractivity contribution in [1.29, 1.82) is 0 Å². The number of hydrogen-bond donors (Lipinski definition) is 0. The van der Waals surface area contributed by atoms with Crippen molar-refractivity contribution < 1.29 is 14.0 Å². The van der Waals surface area contributed by atoms with Gasteiger partial charge in [-0.2, -0.15) is 0 Å². The molecule has 0 aromatic heterocycles. The lowest BCUT2D eigenvalue weighted by Crippen LogP contribution is -2.27. The zero-order chi connectivity index (χ0) is 18.8. The van der Waals surface area contributed by atoms with Crippen LogP contribution in [0.4, 0.5) is 14.9 Å². The fourth-order valence-corrected chi connectivity index (χ4v) is 4.22. The highest BCUT2D eigenvalue weighted by molar-refractivity contribution is 8.18. The Morgan fingerprint density at radius 1 is 1.04 bits per heavy atom. The van der Waals surface area contributed by atoms with E-state index < -0.39 is 0 Å². The van der Waals surface area contributed by atoms with E-state index in [1.165, 1.54) is 11.0 Å². The van der Waals surface area contributed by atoms with E-state index in [1.807, 2.05) is 35.2 Å². The van der Waals surface area contributed by atoms with Gasteiger partial charge in [0.1, 0.15) is 5.82 Å². The molecule has 2 aliphatic heterocycles. The Labute approximate surface area is 161 Å². The first kappa shape index (κ1) is 17.8. The van der Waals surface area contributed by atoms with Crippen LogP contribution in [-0.4, -0.2) is 29.1 Å². The number of amides is 2. The first-order valence-electron chi connectivity index (χ1n) is 8.95. The predicted molar refractivity (Wildman–Crippen MR) is 106 cm³/mol. The predicted octanol–water partition coefficient (Wildman–Crippen LogP) is 4.66. The summed E-state index contributed by atoms with van der Waals surface area (Å²) in [5, 5.41) is -0.302. The average molecular weight is 382 g/mol. The molecular weight excluding hydrogens is 363 g/mol. The van der Waals surface area contributed by atoms with Gasteiger partial charge in [0, 0.05) is 13.1 Å². The van der Waals surface area contributed by atoms with Crippen molar-refractivity contribution in [2.24, 2.45) is 0 Å². The third kappa shape index (κ3) is 3.76. The molecule has 0 atom stereocenters. The summed E-state index contributed by atoms with van der Waals surface area (Å²) in [7, 11) is 0. The van der Waals surface area contributed by atoms with Crippen LogP contribution in [0.3, 0.4) is 0 Å². The number of carbonyl (C=O) groups is 2. The average Bonchev–Trinajstić information content (AvgIpc) is 3.28. The first-order chi connectivity index (χ1) is 13.1. The lowest BCUT2D eigenvalue weighted by molar-refractivity contribution is -0.123. The number of benzene rings is 2. The van der Waals surface area contributed by atoms with Gasteiger partial charge >= 0.3 is 0 Å². The molecular formula is C21H19FN2O2S. The van der Waals surface area contributed by atoms with E-state index in [9.17, 15) is 14.0 Å². The molecule has 0 radical (unpaired) electrons. The largest absolute Gasteiger partial charge is 0.369 e. The minimum Gasteiger partial charge on any atom is -0.369 e. The zero-order valence-electron chi connectivity index (χ0n) is 14.7. The minimum atomic E-state index is -0.335. The highest BCUT2D eigenvalue weighted by Crippen LogP contribution is 2.34. The lowest BCUT2D eigenvalue weighted by atomic mass is 10.1. The lowest BCUT2D eigenvalue weighted by Gasteiger charge is -2.18. The number of thioether (sulfide) groups is 1. The molecule has 2 aliphatic rings. The van der Waals surface area contributed by atoms with Gasteiger partial charge in [-0.3, -0.25) is 14.5 Å². The normalized spacial score (nSPS) is 18.8. The molecule has 2 fully saturated rings. The van der Waals surface area contributed by atoms with Crippen LogP contribution >= 0.6 is 11.8 Å². The van der Waals surface area contributed by atoms with Crippen LogP contribution in [0.2, 0.25) is 0 Å². The molecule has 4 rings (SSSR count). The summed E-state index contributed by atoms with van der Waals surface area (Å²) in [6, 6.07) is 14.3. The van der Waals surface area contributed by atoms with Crippen LogP contribution in [-0.2, 0) is 11.3 Å². The molecule has 0 saturated carbocycles. The molecule has 2 saturated heterocycles. The van der Waals surface area contributed by atoms with Gasteiger partial charge in [-0.05, 0) is 53.9 Å². The van der Waals surface area contributed by atoms with Crippen molar-refractivity contribution in [3.05, 3.63) is 70.4 Å². The molecule has 0 spiro atoms. The molecule has 0 bridgehead atoms. The summed E-state index contributed by atoms with van der Waals surface area (Å²) in [4.78, 5) is 28.4. The number of carbonyl (C=O) groups excluding carboxylic acids is 2. The van der Waals surface area contributed by atoms with Crippen molar-refractivity contribution in [1.82, 2.24) is 4.90 Å². The molecule has 27 heavy (non-hydrogen) atoms. The van der Waals surface area contributed by atoms with Gasteiger partial charge in [0.2, 0.25) is 0 Å². The van der Waals surface area contributed by atoms with E-state index >= 15 is 0 Å². The zero-order valence-corrected chi connectivity index (χ0v) is 15.5. The number of halogens is 1. The third-order valence-electron chi connectivity index (χ3n) is 4.77. The standard InChI is InChI=1S/C21H19FN2O2S/c22-17-12-16(8-9-18(17)23-10-4-5-11-23)13-19-20(25)24(21(26)27-19)14-15-6-2-1-3-7-15/h1-3,6-9,12-13H,4-5,10-11,14H2/b19-13+. The van der Waals surface area contributed by atoms with Crippen molar-refractivity contribution in [2.75, 3.05) is 18.0 Å². The van der Waals surface area contributed by atoms with Crippen LogP contribution in [0.15, 0.2) is 53.4 Å². The molecule has 138 valence electrons. The van der Waals surface area contributed by atoms with Crippen LogP contribution in [0.5, 0.6) is 0 Å². The van der Waals surface area contributed by atoms with Crippen LogP contribution in [0.25, 0.3) is 6.08 Å². The molecule has 2 aromatic rings. The van der Waals surface area contributed by atoms with Gasteiger partial charge in [0.05, 0.1) is 17.1 Å². The first-order valence-corrected chi connectivity index (χ1v) is 9.77. The van der Waals surface area contributed by atoms with Gasteiger partial charge in [0.25, 0.3) is 11.1 Å². The highest BCUT2D eigenvalue weighted by Gasteiger charge is 2.35. The molecule has 2 aromatic carbocycles. The van der Waals surface area contributed by atoms with Crippen molar-refractivity contribution in [3.63, 3.8) is 0 Å². The van der Waals surface area contributed by atoms with Gasteiger partial charge in [-0.1, -0.05) is 36.4 Å². The second-order valence-corrected chi connectivity index (χ2v) is 7.65. The van der Waals surface area contributed by atoms with Gasteiger partial charge in [0.15, 0.2) is 0 Å². The molecule has 2 heterocycles. The third-order valence-corrected chi connectivity index (χ3v) is 5.68. The molecule has 0 aliphatic carbocycles. The minimum absolute atomic E-state index is 0.241. The fraction of sp³-hybridized carbons (Fsp3) is 0.238. The molecule has 6 heteroatoms. The Hall–Kier alpha value is -2.60. The van der Waals surface area contributed by atoms with E-state index in [4.69, 9.17) is 0 Å². The van der Waals surface area contributed by atoms with Crippen molar-refractivity contribution >= 4 is 34.7 Å². The van der Waals surface area contributed by atoms with Gasteiger partial charge in [-0.15, -0.1) is 0 Å². The summed E-state index contributed by atoms with van der Waals surface area (Å²) < 4.78 is 14.5. The van der Waals surface area contributed by atoms with Crippen molar-refractivity contribution in [2.45, 2.75) is 19.4 Å². The monoisotopic (exact) mass is 382 g/mol. The summed E-state index contributed by atoms with van der Waals surface area (Å²) >= 11 is 0.897. The Kier molecular flexibility index (Phi) is 4.99. The Morgan fingerprint density at radius 3 is 2.48 bits per heavy atom. The summed E-state index contributed by atoms with van der Waals surface area (Å²) in [5.41, 5.74) is 2.07. The molecule has 0 N–H and O–H groups in total. The molecule has 0 unspecified atom stereocenters. The second-order valence-electron chi connectivity index (χ2n) is 6.66. The fourth-order valence-electron chi connectivity index (χ4n) is 3.38. The van der Waals surface area contributed by atoms with Crippen LogP contribution < -0.4 is 4.90 Å². The molecule has 2 amide bonds. The van der Waals surface area contributed by atoms with Crippen LogP contribution in [0.1, 0.15) is 24.0 Å². The van der Waals surface area contributed by atoms with E-state index in [2.05, 4.69) is 0 Å². The highest BCUT2D eigenvalue weighted by atomic mass is 32.2. The van der Waals surface area contributed by atoms with Gasteiger partial charge < -0.3 is 4.90 Å². The summed E-state index contributed by atoms with van der Waals surface area (Å²) in [6.45, 7) is 1.98. The quantitative estimate of drug-likeness (QED) is 0.721. The Bertz CT molecular complexity index is 908. The topological polar surface area (TPSA) is 40.6 Å². The number of imide groups is 1. The Morgan fingerprint density at radius 2 is 1.78 bits per heavy atom. The number of nitrogens with zero attached hydrogens (tertiary/aromatic N) is 2. The van der Waals surface area contributed by atoms with Crippen molar-refractivity contribution in [3.8, 4) is 0 Å². The number of anilines is 1. The summed E-state index contributed by atoms with van der Waals surface area (Å²) in [6.07, 6.45) is 3.75. The van der Waals surface area contributed by atoms with E-state index in [1.54, 1.807) is 18.2 Å². The SMILES string of the molecule is O=C1S/C(=C/c2ccc(N3CCCC3)c(F)c2)C(=O)N1Cc1ccccc1. The maximum atomic E-state index is 14.5. The van der Waals surface area contributed by atoms with Gasteiger partial charge in [-0.25, -0.2) is 4.39 Å². The van der Waals surface area contributed by atoms with E-state index in [0.29, 0.717) is 16.2 Å².